The summed E-state index contributed by atoms with van der Waals surface area (Å²) < 4.78 is 5.30. The molecular weight excluding hydrogens is 330 g/mol. The van der Waals surface area contributed by atoms with E-state index in [4.69, 9.17) is 10.00 Å². The van der Waals surface area contributed by atoms with E-state index < -0.39 is 0 Å². The maximum atomic E-state index is 12.1. The van der Waals surface area contributed by atoms with Crippen molar-refractivity contribution in [1.82, 2.24) is 10.3 Å². The Balaban J connectivity index is 1.92. The SMILES string of the molecule is COc1ccccc1CCNC(=O)CCc1c(C)[nH]c(=O)c(C#N)c1C. The maximum absolute atomic E-state index is 12.1. The number of H-pyrrole nitrogens is 1. The number of nitrogens with zero attached hydrogens (tertiary/aromatic N) is 1. The number of nitriles is 1. The standard InChI is InChI=1S/C20H23N3O3/c1-13-16(14(2)23-20(25)17(13)12-21)8-9-19(24)22-11-10-15-6-4-5-7-18(15)26-3/h4-7H,8-11H2,1-3H3,(H,22,24)(H,23,25). The Hall–Kier alpha value is -3.07. The summed E-state index contributed by atoms with van der Waals surface area (Å²) >= 11 is 0. The number of carbonyl (C=O) groups is 1. The van der Waals surface area contributed by atoms with Gasteiger partial charge in [0.1, 0.15) is 17.4 Å². The van der Waals surface area contributed by atoms with Crippen LogP contribution in [0.3, 0.4) is 0 Å². The highest BCUT2D eigenvalue weighted by Gasteiger charge is 2.13. The van der Waals surface area contributed by atoms with Gasteiger partial charge >= 0.3 is 0 Å². The van der Waals surface area contributed by atoms with Gasteiger partial charge in [-0.25, -0.2) is 0 Å². The summed E-state index contributed by atoms with van der Waals surface area (Å²) in [4.78, 5) is 26.5. The maximum Gasteiger partial charge on any atom is 0.266 e. The number of para-hydroxylation sites is 1. The van der Waals surface area contributed by atoms with Crippen molar-refractivity contribution in [2.75, 3.05) is 13.7 Å². The number of nitrogens with one attached hydrogen (secondary N) is 2. The molecule has 1 aromatic heterocycles. The number of rotatable bonds is 7. The van der Waals surface area contributed by atoms with Crippen molar-refractivity contribution in [3.05, 3.63) is 62.6 Å². The third-order valence-electron chi connectivity index (χ3n) is 4.43. The molecule has 1 amide bonds. The van der Waals surface area contributed by atoms with Crippen LogP contribution in [-0.2, 0) is 17.6 Å². The van der Waals surface area contributed by atoms with E-state index in [9.17, 15) is 9.59 Å². The predicted molar refractivity (Wildman–Crippen MR) is 99.3 cm³/mol. The molecule has 1 aromatic carbocycles. The van der Waals surface area contributed by atoms with Crippen LogP contribution in [0.2, 0.25) is 0 Å². The molecule has 6 heteroatoms. The number of ether oxygens (including phenoxy) is 1. The highest BCUT2D eigenvalue weighted by atomic mass is 16.5. The lowest BCUT2D eigenvalue weighted by molar-refractivity contribution is -0.121. The van der Waals surface area contributed by atoms with Crippen LogP contribution in [0, 0.1) is 25.2 Å². The third-order valence-corrected chi connectivity index (χ3v) is 4.43. The van der Waals surface area contributed by atoms with Gasteiger partial charge in [-0.15, -0.1) is 0 Å². The molecule has 0 spiro atoms. The predicted octanol–water partition coefficient (Wildman–Crippen LogP) is 2.16. The average molecular weight is 353 g/mol. The summed E-state index contributed by atoms with van der Waals surface area (Å²) in [5, 5.41) is 12.0. The molecule has 2 N–H and O–H groups in total. The number of methoxy groups -OCH3 is 1. The van der Waals surface area contributed by atoms with Gasteiger partial charge in [-0.3, -0.25) is 9.59 Å². The van der Waals surface area contributed by atoms with Crippen LogP contribution in [-0.4, -0.2) is 24.5 Å². The second-order valence-corrected chi connectivity index (χ2v) is 6.08. The lowest BCUT2D eigenvalue weighted by atomic mass is 9.99. The van der Waals surface area contributed by atoms with Crippen LogP contribution in [0.4, 0.5) is 0 Å². The van der Waals surface area contributed by atoms with Crippen molar-refractivity contribution in [2.24, 2.45) is 0 Å². The van der Waals surface area contributed by atoms with Crippen molar-refractivity contribution in [2.45, 2.75) is 33.1 Å². The minimum atomic E-state index is -0.382. The molecule has 0 saturated carbocycles. The Labute approximate surface area is 152 Å². The van der Waals surface area contributed by atoms with Crippen LogP contribution in [0.1, 0.15) is 34.4 Å². The van der Waals surface area contributed by atoms with Gasteiger partial charge in [-0.2, -0.15) is 5.26 Å². The molecule has 0 radical (unpaired) electrons. The van der Waals surface area contributed by atoms with Crippen molar-refractivity contribution in [3.8, 4) is 11.8 Å². The molecule has 0 bridgehead atoms. The molecular formula is C20H23N3O3. The van der Waals surface area contributed by atoms with Crippen LogP contribution < -0.4 is 15.6 Å². The first-order valence-corrected chi connectivity index (χ1v) is 8.49. The molecule has 0 saturated heterocycles. The zero-order chi connectivity index (χ0) is 19.1. The topological polar surface area (TPSA) is 95.0 Å². The fourth-order valence-corrected chi connectivity index (χ4v) is 2.99. The van der Waals surface area contributed by atoms with Gasteiger partial charge in [0.05, 0.1) is 7.11 Å². The van der Waals surface area contributed by atoms with Crippen LogP contribution in [0.5, 0.6) is 5.75 Å². The molecule has 0 atom stereocenters. The van der Waals surface area contributed by atoms with E-state index in [0.717, 1.165) is 16.9 Å². The van der Waals surface area contributed by atoms with Gasteiger partial charge in [0.2, 0.25) is 5.91 Å². The van der Waals surface area contributed by atoms with Gasteiger partial charge in [0, 0.05) is 18.7 Å². The monoisotopic (exact) mass is 353 g/mol. The molecule has 2 rings (SSSR count). The van der Waals surface area contributed by atoms with E-state index in [1.807, 2.05) is 30.3 Å². The lowest BCUT2D eigenvalue weighted by Gasteiger charge is -2.11. The molecule has 1 heterocycles. The second-order valence-electron chi connectivity index (χ2n) is 6.08. The summed E-state index contributed by atoms with van der Waals surface area (Å²) in [6.45, 7) is 4.05. The number of aryl methyl sites for hydroxylation is 1. The van der Waals surface area contributed by atoms with Crippen LogP contribution in [0.25, 0.3) is 0 Å². The highest BCUT2D eigenvalue weighted by molar-refractivity contribution is 5.76. The highest BCUT2D eigenvalue weighted by Crippen LogP contribution is 2.17. The quantitative estimate of drug-likeness (QED) is 0.797. The first-order chi connectivity index (χ1) is 12.5. The summed E-state index contributed by atoms with van der Waals surface area (Å²) in [6.07, 6.45) is 1.46. The van der Waals surface area contributed by atoms with Gasteiger partial charge < -0.3 is 15.0 Å². The number of carbonyl (C=O) groups excluding carboxylic acids is 1. The fraction of sp³-hybridized carbons (Fsp3) is 0.350. The van der Waals surface area contributed by atoms with Crippen molar-refractivity contribution in [3.63, 3.8) is 0 Å². The molecule has 6 nitrogen and oxygen atoms in total. The van der Waals surface area contributed by atoms with Crippen LogP contribution in [0.15, 0.2) is 29.1 Å². The Morgan fingerprint density at radius 3 is 2.69 bits per heavy atom. The summed E-state index contributed by atoms with van der Waals surface area (Å²) in [5.41, 5.74) is 2.97. The first kappa shape index (κ1) is 19.3. The van der Waals surface area contributed by atoms with E-state index in [1.54, 1.807) is 21.0 Å². The minimum Gasteiger partial charge on any atom is -0.496 e. The Morgan fingerprint density at radius 2 is 2.00 bits per heavy atom. The Morgan fingerprint density at radius 1 is 1.27 bits per heavy atom. The van der Waals surface area contributed by atoms with E-state index >= 15 is 0 Å². The minimum absolute atomic E-state index is 0.0663. The summed E-state index contributed by atoms with van der Waals surface area (Å²) in [6, 6.07) is 9.64. The van der Waals surface area contributed by atoms with E-state index in [0.29, 0.717) is 37.1 Å². The Bertz CT molecular complexity index is 894. The molecule has 136 valence electrons. The fourth-order valence-electron chi connectivity index (χ4n) is 2.99. The van der Waals surface area contributed by atoms with Crippen molar-refractivity contribution >= 4 is 5.91 Å². The Kier molecular flexibility index (Phi) is 6.56. The van der Waals surface area contributed by atoms with Crippen molar-refractivity contribution < 1.29 is 9.53 Å². The van der Waals surface area contributed by atoms with Gasteiger partial charge in [-0.05, 0) is 49.4 Å². The number of aromatic amines is 1. The number of hydrogen-bond donors (Lipinski definition) is 2. The van der Waals surface area contributed by atoms with Gasteiger partial charge in [0.15, 0.2) is 0 Å². The largest absolute Gasteiger partial charge is 0.496 e. The third kappa shape index (κ3) is 4.51. The van der Waals surface area contributed by atoms with Crippen molar-refractivity contribution in [1.29, 1.82) is 5.26 Å². The smallest absolute Gasteiger partial charge is 0.266 e. The van der Waals surface area contributed by atoms with E-state index in [1.165, 1.54) is 0 Å². The lowest BCUT2D eigenvalue weighted by Crippen LogP contribution is -2.26. The van der Waals surface area contributed by atoms with Crippen LogP contribution >= 0.6 is 0 Å². The molecule has 26 heavy (non-hydrogen) atoms. The second kappa shape index (κ2) is 8.86. The summed E-state index contributed by atoms with van der Waals surface area (Å²) in [7, 11) is 1.63. The normalized spacial score (nSPS) is 10.2. The molecule has 0 unspecified atom stereocenters. The number of aromatic nitrogens is 1. The molecule has 0 aliphatic rings. The zero-order valence-corrected chi connectivity index (χ0v) is 15.3. The number of benzene rings is 1. The zero-order valence-electron chi connectivity index (χ0n) is 15.3. The van der Waals surface area contributed by atoms with E-state index in [-0.39, 0.29) is 17.0 Å². The molecule has 0 aliphatic heterocycles. The summed E-state index contributed by atoms with van der Waals surface area (Å²) in [5.74, 6) is 0.744. The van der Waals surface area contributed by atoms with Gasteiger partial charge in [-0.1, -0.05) is 18.2 Å². The number of amides is 1. The van der Waals surface area contributed by atoms with Gasteiger partial charge in [0.25, 0.3) is 5.56 Å². The molecule has 0 aliphatic carbocycles. The molecule has 2 aromatic rings. The number of pyridine rings is 1. The molecule has 0 fully saturated rings. The van der Waals surface area contributed by atoms with E-state index in [2.05, 4.69) is 10.3 Å². The first-order valence-electron chi connectivity index (χ1n) is 8.49. The average Bonchev–Trinajstić information content (AvgIpc) is 2.62. The number of hydrogen-bond acceptors (Lipinski definition) is 4.